The zero-order valence-electron chi connectivity index (χ0n) is 18.1. The van der Waals surface area contributed by atoms with E-state index in [2.05, 4.69) is 52.6 Å². The number of nitrogens with zero attached hydrogens (tertiary/aromatic N) is 4. The van der Waals surface area contributed by atoms with Gasteiger partial charge in [-0.15, -0.1) is 0 Å². The van der Waals surface area contributed by atoms with E-state index >= 15 is 0 Å². The monoisotopic (exact) mass is 397 g/mol. The predicted molar refractivity (Wildman–Crippen MR) is 119 cm³/mol. The van der Waals surface area contributed by atoms with E-state index in [1.165, 1.54) is 24.8 Å². The highest BCUT2D eigenvalue weighted by Gasteiger charge is 2.15. The summed E-state index contributed by atoms with van der Waals surface area (Å²) < 4.78 is 7.43. The second-order valence-electron chi connectivity index (χ2n) is 7.86. The number of nitrogens with one attached hydrogen (secondary N) is 1. The van der Waals surface area contributed by atoms with Gasteiger partial charge in [0, 0.05) is 46.6 Å². The third-order valence-corrected chi connectivity index (χ3v) is 5.71. The summed E-state index contributed by atoms with van der Waals surface area (Å²) in [5.41, 5.74) is 3.51. The normalized spacial score (nSPS) is 15.5. The van der Waals surface area contributed by atoms with Gasteiger partial charge in [0.15, 0.2) is 5.96 Å². The first-order chi connectivity index (χ1) is 14.2. The van der Waals surface area contributed by atoms with Crippen LogP contribution in [0.25, 0.3) is 5.69 Å². The van der Waals surface area contributed by atoms with Gasteiger partial charge in [0.25, 0.3) is 0 Å². The number of aromatic nitrogens is 2. The van der Waals surface area contributed by atoms with Crippen molar-refractivity contribution in [2.75, 3.05) is 40.4 Å². The number of aryl methyl sites for hydroxylation is 2. The van der Waals surface area contributed by atoms with Crippen molar-refractivity contribution >= 4 is 5.96 Å². The van der Waals surface area contributed by atoms with Crippen LogP contribution in [0.4, 0.5) is 0 Å². The van der Waals surface area contributed by atoms with Crippen LogP contribution in [0.5, 0.6) is 0 Å². The van der Waals surface area contributed by atoms with Gasteiger partial charge in [-0.25, -0.2) is 4.68 Å². The Kier molecular flexibility index (Phi) is 8.11. The molecule has 2 heterocycles. The maximum atomic E-state index is 5.46. The average Bonchev–Trinajstić information content (AvgIpc) is 3.14. The number of para-hydroxylation sites is 1. The summed E-state index contributed by atoms with van der Waals surface area (Å²) in [6, 6.07) is 10.3. The molecule has 1 N–H and O–H groups in total. The molecular weight excluding hydrogens is 362 g/mol. The van der Waals surface area contributed by atoms with E-state index in [9.17, 15) is 0 Å². The zero-order chi connectivity index (χ0) is 20.5. The van der Waals surface area contributed by atoms with Gasteiger partial charge in [0.05, 0.1) is 11.4 Å². The second-order valence-corrected chi connectivity index (χ2v) is 7.86. The number of guanidine groups is 1. The molecule has 0 aliphatic carbocycles. The van der Waals surface area contributed by atoms with Gasteiger partial charge in [-0.2, -0.15) is 5.10 Å². The number of aliphatic imine (C=N–C) groups is 1. The standard InChI is InChI=1S/C23H35N5O/c1-19-21(18-28(26-19)22-9-5-4-6-10-22)8-7-14-25-23(24-2)27(3)15-11-20-12-16-29-17-13-20/h4-6,9-10,18,20H,7-8,11-17H2,1-3H3,(H,24,25). The van der Waals surface area contributed by atoms with Crippen LogP contribution in [-0.2, 0) is 11.2 Å². The van der Waals surface area contributed by atoms with E-state index < -0.39 is 0 Å². The fraction of sp³-hybridized carbons (Fsp3) is 0.565. The first-order valence-electron chi connectivity index (χ1n) is 10.8. The summed E-state index contributed by atoms with van der Waals surface area (Å²) in [5, 5.41) is 8.17. The molecule has 1 aromatic heterocycles. The quantitative estimate of drug-likeness (QED) is 0.421. The molecule has 29 heavy (non-hydrogen) atoms. The highest BCUT2D eigenvalue weighted by atomic mass is 16.5. The van der Waals surface area contributed by atoms with Crippen LogP contribution in [0, 0.1) is 12.8 Å². The van der Waals surface area contributed by atoms with Crippen molar-refractivity contribution in [1.82, 2.24) is 20.0 Å². The van der Waals surface area contributed by atoms with Crippen LogP contribution in [0.2, 0.25) is 0 Å². The Morgan fingerprint density at radius 1 is 1.28 bits per heavy atom. The number of ether oxygens (including phenoxy) is 1. The van der Waals surface area contributed by atoms with E-state index in [0.29, 0.717) is 0 Å². The Labute approximate surface area is 175 Å². The molecule has 0 bridgehead atoms. The molecule has 0 spiro atoms. The van der Waals surface area contributed by atoms with E-state index in [-0.39, 0.29) is 0 Å². The molecule has 1 aliphatic heterocycles. The number of rotatable bonds is 8. The zero-order valence-corrected chi connectivity index (χ0v) is 18.1. The first-order valence-corrected chi connectivity index (χ1v) is 10.8. The topological polar surface area (TPSA) is 54.7 Å². The molecule has 0 saturated carbocycles. The molecular formula is C23H35N5O. The van der Waals surface area contributed by atoms with Crippen LogP contribution >= 0.6 is 0 Å². The van der Waals surface area contributed by atoms with Crippen molar-refractivity contribution in [2.24, 2.45) is 10.9 Å². The summed E-state index contributed by atoms with van der Waals surface area (Å²) in [4.78, 5) is 6.69. The summed E-state index contributed by atoms with van der Waals surface area (Å²) in [5.74, 6) is 1.77. The molecule has 0 amide bonds. The third-order valence-electron chi connectivity index (χ3n) is 5.71. The highest BCUT2D eigenvalue weighted by molar-refractivity contribution is 5.79. The van der Waals surface area contributed by atoms with Crippen molar-refractivity contribution in [3.8, 4) is 5.69 Å². The second kappa shape index (κ2) is 11.0. The van der Waals surface area contributed by atoms with Gasteiger partial charge >= 0.3 is 0 Å². The largest absolute Gasteiger partial charge is 0.381 e. The van der Waals surface area contributed by atoms with E-state index in [0.717, 1.165) is 62.4 Å². The van der Waals surface area contributed by atoms with Crippen molar-refractivity contribution in [3.63, 3.8) is 0 Å². The third kappa shape index (κ3) is 6.32. The molecule has 1 aromatic carbocycles. The maximum Gasteiger partial charge on any atom is 0.193 e. The van der Waals surface area contributed by atoms with Crippen molar-refractivity contribution < 1.29 is 4.74 Å². The average molecular weight is 398 g/mol. The Morgan fingerprint density at radius 2 is 2.03 bits per heavy atom. The van der Waals surface area contributed by atoms with Crippen LogP contribution in [0.1, 0.15) is 36.9 Å². The lowest BCUT2D eigenvalue weighted by atomic mass is 9.96. The molecule has 0 radical (unpaired) electrons. The van der Waals surface area contributed by atoms with Crippen LogP contribution in [-0.4, -0.2) is 61.0 Å². The summed E-state index contributed by atoms with van der Waals surface area (Å²) in [6.07, 6.45) is 7.80. The van der Waals surface area contributed by atoms with Gasteiger partial charge < -0.3 is 15.0 Å². The Balaban J connectivity index is 1.41. The van der Waals surface area contributed by atoms with Crippen molar-refractivity contribution in [3.05, 3.63) is 47.8 Å². The highest BCUT2D eigenvalue weighted by Crippen LogP contribution is 2.18. The maximum absolute atomic E-state index is 5.46. The minimum atomic E-state index is 0.786. The fourth-order valence-corrected chi connectivity index (χ4v) is 3.84. The molecule has 158 valence electrons. The van der Waals surface area contributed by atoms with E-state index in [4.69, 9.17) is 4.74 Å². The van der Waals surface area contributed by atoms with Crippen LogP contribution in [0.15, 0.2) is 41.5 Å². The Hall–Kier alpha value is -2.34. The molecule has 0 atom stereocenters. The van der Waals surface area contributed by atoms with Crippen molar-refractivity contribution in [1.29, 1.82) is 0 Å². The summed E-state index contributed by atoms with van der Waals surface area (Å²) >= 11 is 0. The van der Waals surface area contributed by atoms with Crippen LogP contribution < -0.4 is 5.32 Å². The van der Waals surface area contributed by atoms with E-state index in [1.807, 2.05) is 29.9 Å². The van der Waals surface area contributed by atoms with Gasteiger partial charge in [-0.05, 0) is 62.6 Å². The first kappa shape index (κ1) is 21.4. The lowest BCUT2D eigenvalue weighted by molar-refractivity contribution is 0.0625. The molecule has 6 nitrogen and oxygen atoms in total. The minimum absolute atomic E-state index is 0.786. The molecule has 3 rings (SSSR count). The van der Waals surface area contributed by atoms with Gasteiger partial charge in [-0.3, -0.25) is 4.99 Å². The minimum Gasteiger partial charge on any atom is -0.381 e. The molecule has 0 unspecified atom stereocenters. The fourth-order valence-electron chi connectivity index (χ4n) is 3.84. The summed E-state index contributed by atoms with van der Waals surface area (Å²) in [7, 11) is 3.99. The number of hydrogen-bond acceptors (Lipinski definition) is 3. The Morgan fingerprint density at radius 3 is 2.76 bits per heavy atom. The summed E-state index contributed by atoms with van der Waals surface area (Å²) in [6.45, 7) is 5.87. The van der Waals surface area contributed by atoms with Gasteiger partial charge in [0.1, 0.15) is 0 Å². The van der Waals surface area contributed by atoms with Crippen LogP contribution in [0.3, 0.4) is 0 Å². The SMILES string of the molecule is CN=C(NCCCc1cn(-c2ccccc2)nc1C)N(C)CCC1CCOCC1. The molecule has 1 saturated heterocycles. The molecule has 6 heteroatoms. The smallest absolute Gasteiger partial charge is 0.193 e. The van der Waals surface area contributed by atoms with Gasteiger partial charge in [-0.1, -0.05) is 18.2 Å². The predicted octanol–water partition coefficient (Wildman–Crippen LogP) is 3.44. The lowest BCUT2D eigenvalue weighted by Gasteiger charge is -2.26. The molecule has 1 aliphatic rings. The Bertz CT molecular complexity index is 765. The number of benzene rings is 1. The van der Waals surface area contributed by atoms with E-state index in [1.54, 1.807) is 0 Å². The van der Waals surface area contributed by atoms with Crippen molar-refractivity contribution in [2.45, 2.75) is 39.0 Å². The number of hydrogen-bond donors (Lipinski definition) is 1. The van der Waals surface area contributed by atoms with Gasteiger partial charge in [0.2, 0.25) is 0 Å². The molecule has 1 fully saturated rings. The molecule has 2 aromatic rings. The lowest BCUT2D eigenvalue weighted by Crippen LogP contribution is -2.40.